The summed E-state index contributed by atoms with van der Waals surface area (Å²) in [5, 5.41) is 1.11. The van der Waals surface area contributed by atoms with Crippen molar-refractivity contribution in [2.75, 3.05) is 0 Å². The Morgan fingerprint density at radius 3 is 1.29 bits per heavy atom. The molecule has 0 unspecified atom stereocenters. The standard InChI is InChI=1S/C8H14S6/c1-5(2)11-7(9)13-14-8(10)12-6(3)4/h5-6H,1-4H3. The van der Waals surface area contributed by atoms with Crippen molar-refractivity contribution in [3.63, 3.8) is 0 Å². The van der Waals surface area contributed by atoms with E-state index in [0.29, 0.717) is 10.5 Å². The number of hydrogen-bond donors (Lipinski definition) is 0. The van der Waals surface area contributed by atoms with Crippen molar-refractivity contribution in [2.24, 2.45) is 0 Å². The van der Waals surface area contributed by atoms with Gasteiger partial charge in [-0.1, -0.05) is 52.1 Å². The molecule has 0 N–H and O–H groups in total. The Balaban J connectivity index is 3.61. The number of thiocarbonyl (C=S) groups is 2. The summed E-state index contributed by atoms with van der Waals surface area (Å²) < 4.78 is 1.94. The van der Waals surface area contributed by atoms with E-state index in [1.165, 1.54) is 0 Å². The molecule has 0 bridgehead atoms. The van der Waals surface area contributed by atoms with Gasteiger partial charge in [-0.15, -0.1) is 23.5 Å². The molecule has 0 aromatic carbocycles. The monoisotopic (exact) mass is 302 g/mol. The van der Waals surface area contributed by atoms with Crippen LogP contribution in [0, 0.1) is 0 Å². The van der Waals surface area contributed by atoms with Gasteiger partial charge in [0.1, 0.15) is 7.06 Å². The van der Waals surface area contributed by atoms with Gasteiger partial charge in [-0.3, -0.25) is 0 Å². The quantitative estimate of drug-likeness (QED) is 0.503. The first kappa shape index (κ1) is 15.6. The molecule has 14 heavy (non-hydrogen) atoms. The van der Waals surface area contributed by atoms with Crippen LogP contribution in [0.1, 0.15) is 27.7 Å². The lowest BCUT2D eigenvalue weighted by molar-refractivity contribution is 1.12. The summed E-state index contributed by atoms with van der Waals surface area (Å²) in [6.07, 6.45) is 0. The maximum atomic E-state index is 5.20. The Morgan fingerprint density at radius 1 is 0.786 bits per heavy atom. The van der Waals surface area contributed by atoms with Crippen molar-refractivity contribution in [3.05, 3.63) is 0 Å². The maximum absolute atomic E-state index is 5.20. The molecule has 0 aromatic rings. The largest absolute Gasteiger partial charge is 0.115 e. The van der Waals surface area contributed by atoms with E-state index in [4.69, 9.17) is 24.4 Å². The predicted molar refractivity (Wildman–Crippen MR) is 85.8 cm³/mol. The Labute approximate surface area is 114 Å². The number of rotatable bonds is 2. The molecule has 0 saturated heterocycles. The lowest BCUT2D eigenvalue weighted by Crippen LogP contribution is -1.92. The van der Waals surface area contributed by atoms with E-state index < -0.39 is 0 Å². The predicted octanol–water partition coefficient (Wildman–Crippen LogP) is 5.22. The third kappa shape index (κ3) is 10.1. The maximum Gasteiger partial charge on any atom is 0.115 e. The molecule has 0 aliphatic rings. The fourth-order valence-corrected chi connectivity index (χ4v) is 6.36. The molecule has 0 nitrogen and oxygen atoms in total. The molecule has 0 saturated carbocycles. The van der Waals surface area contributed by atoms with Crippen LogP contribution in [0.15, 0.2) is 0 Å². The van der Waals surface area contributed by atoms with Gasteiger partial charge in [-0.05, 0) is 21.6 Å². The zero-order chi connectivity index (χ0) is 11.1. The fourth-order valence-electron chi connectivity index (χ4n) is 0.492. The van der Waals surface area contributed by atoms with E-state index >= 15 is 0 Å². The minimum atomic E-state index is 0.557. The van der Waals surface area contributed by atoms with Crippen LogP contribution < -0.4 is 0 Å². The smallest absolute Gasteiger partial charge is 0.104 e. The van der Waals surface area contributed by atoms with E-state index in [0.717, 1.165) is 7.06 Å². The average molecular weight is 303 g/mol. The van der Waals surface area contributed by atoms with Crippen molar-refractivity contribution < 1.29 is 0 Å². The van der Waals surface area contributed by atoms with Crippen molar-refractivity contribution in [1.82, 2.24) is 0 Å². The molecular weight excluding hydrogens is 288 g/mol. The van der Waals surface area contributed by atoms with Crippen molar-refractivity contribution in [1.29, 1.82) is 0 Å². The highest BCUT2D eigenvalue weighted by Crippen LogP contribution is 2.36. The van der Waals surface area contributed by atoms with Crippen LogP contribution in [0.2, 0.25) is 0 Å². The lowest BCUT2D eigenvalue weighted by Gasteiger charge is -2.07. The molecule has 0 fully saturated rings. The third-order valence-electron chi connectivity index (χ3n) is 0.842. The van der Waals surface area contributed by atoms with E-state index in [1.54, 1.807) is 45.1 Å². The molecule has 0 heterocycles. The van der Waals surface area contributed by atoms with Crippen LogP contribution in [0.5, 0.6) is 0 Å². The van der Waals surface area contributed by atoms with Crippen LogP contribution in [-0.2, 0) is 0 Å². The van der Waals surface area contributed by atoms with Gasteiger partial charge >= 0.3 is 0 Å². The Kier molecular flexibility index (Phi) is 9.68. The van der Waals surface area contributed by atoms with Gasteiger partial charge in [-0.2, -0.15) is 0 Å². The second-order valence-electron chi connectivity index (χ2n) is 3.00. The van der Waals surface area contributed by atoms with Crippen LogP contribution in [0.3, 0.4) is 0 Å². The fraction of sp³-hybridized carbons (Fsp3) is 0.750. The summed E-state index contributed by atoms with van der Waals surface area (Å²) in [6, 6.07) is 0. The minimum Gasteiger partial charge on any atom is -0.104 e. The first-order chi connectivity index (χ1) is 6.41. The molecule has 0 radical (unpaired) electrons. The Hall–Kier alpha value is 1.58. The van der Waals surface area contributed by atoms with Gasteiger partial charge in [-0.25, -0.2) is 0 Å². The number of thioether (sulfide) groups is 2. The summed E-state index contributed by atoms with van der Waals surface area (Å²) in [5.74, 6) is 0. The molecule has 6 heteroatoms. The average Bonchev–Trinajstić information content (AvgIpc) is 1.98. The molecule has 0 aliphatic heterocycles. The highest BCUT2D eigenvalue weighted by atomic mass is 33.1. The highest BCUT2D eigenvalue weighted by Gasteiger charge is 2.07. The molecule has 0 amide bonds. The zero-order valence-electron chi connectivity index (χ0n) is 8.60. The van der Waals surface area contributed by atoms with Gasteiger partial charge in [0.2, 0.25) is 0 Å². The highest BCUT2D eigenvalue weighted by molar-refractivity contribution is 8.96. The molecule has 0 aliphatic carbocycles. The summed E-state index contributed by atoms with van der Waals surface area (Å²) in [6.45, 7) is 8.57. The van der Waals surface area contributed by atoms with Crippen LogP contribution in [0.25, 0.3) is 0 Å². The van der Waals surface area contributed by atoms with E-state index in [1.807, 2.05) is 0 Å². The second kappa shape index (κ2) is 8.70. The SMILES string of the molecule is CC(C)SC(=S)SSC(=S)SC(C)C. The topological polar surface area (TPSA) is 0 Å². The summed E-state index contributed by atoms with van der Waals surface area (Å²) in [4.78, 5) is 0. The second-order valence-corrected chi connectivity index (χ2v) is 10.7. The Morgan fingerprint density at radius 2 is 1.07 bits per heavy atom. The zero-order valence-corrected chi connectivity index (χ0v) is 13.5. The van der Waals surface area contributed by atoms with Gasteiger partial charge < -0.3 is 0 Å². The minimum absolute atomic E-state index is 0.557. The van der Waals surface area contributed by atoms with Crippen LogP contribution in [0.4, 0.5) is 0 Å². The van der Waals surface area contributed by atoms with E-state index in [-0.39, 0.29) is 0 Å². The van der Waals surface area contributed by atoms with Gasteiger partial charge in [0.25, 0.3) is 0 Å². The van der Waals surface area contributed by atoms with Crippen molar-refractivity contribution in [3.8, 4) is 0 Å². The summed E-state index contributed by atoms with van der Waals surface area (Å²) in [5.41, 5.74) is 0. The molecular formula is C8H14S6. The molecule has 0 aromatic heterocycles. The van der Waals surface area contributed by atoms with Gasteiger partial charge in [0.15, 0.2) is 0 Å². The van der Waals surface area contributed by atoms with E-state index in [9.17, 15) is 0 Å². The van der Waals surface area contributed by atoms with Crippen molar-refractivity contribution in [2.45, 2.75) is 38.2 Å². The molecule has 0 atom stereocenters. The van der Waals surface area contributed by atoms with E-state index in [2.05, 4.69) is 27.7 Å². The van der Waals surface area contributed by atoms with Crippen LogP contribution in [-0.4, -0.2) is 17.6 Å². The first-order valence-corrected chi connectivity index (χ1v) is 8.90. The van der Waals surface area contributed by atoms with Crippen molar-refractivity contribution >= 4 is 76.6 Å². The third-order valence-corrected chi connectivity index (χ3v) is 7.20. The number of hydrogen-bond acceptors (Lipinski definition) is 6. The lowest BCUT2D eigenvalue weighted by atomic mass is 10.6. The molecule has 0 spiro atoms. The first-order valence-electron chi connectivity index (χ1n) is 4.17. The van der Waals surface area contributed by atoms with Gasteiger partial charge in [0, 0.05) is 10.5 Å². The van der Waals surface area contributed by atoms with Crippen LogP contribution >= 0.6 is 69.5 Å². The van der Waals surface area contributed by atoms with Gasteiger partial charge in [0.05, 0.1) is 0 Å². The molecule has 0 rings (SSSR count). The summed E-state index contributed by atoms with van der Waals surface area (Å²) in [7, 11) is 3.21. The normalized spacial score (nSPS) is 11.0. The summed E-state index contributed by atoms with van der Waals surface area (Å²) >= 11 is 13.8. The Bertz CT molecular complexity index is 176. The molecule has 82 valence electrons.